The minimum absolute atomic E-state index is 0.669. The normalized spacial score (nSPS) is 46.9. The molecule has 0 aromatic rings. The van der Waals surface area contributed by atoms with Crippen molar-refractivity contribution in [2.24, 2.45) is 11.8 Å². The Bertz CT molecular complexity index is 229. The summed E-state index contributed by atoms with van der Waals surface area (Å²) in [4.78, 5) is 2.78. The zero-order chi connectivity index (χ0) is 11.7. The molecule has 2 fully saturated rings. The van der Waals surface area contributed by atoms with E-state index in [0.717, 1.165) is 23.9 Å². The zero-order valence-corrected chi connectivity index (χ0v) is 11.4. The van der Waals surface area contributed by atoms with Crippen molar-refractivity contribution in [3.63, 3.8) is 0 Å². The number of nitrogens with zero attached hydrogens (tertiary/aromatic N) is 1. The van der Waals surface area contributed by atoms with E-state index < -0.39 is 0 Å². The molecule has 0 aromatic heterocycles. The minimum atomic E-state index is 0.669. The van der Waals surface area contributed by atoms with Crippen LogP contribution in [0.5, 0.6) is 0 Å². The number of hydrogen-bond acceptors (Lipinski definition) is 2. The Kier molecular flexibility index (Phi) is 3.91. The van der Waals surface area contributed by atoms with Gasteiger partial charge in [-0.05, 0) is 44.9 Å². The molecule has 0 radical (unpaired) electrons. The fraction of sp³-hybridized carbons (Fsp3) is 1.00. The molecule has 2 heteroatoms. The van der Waals surface area contributed by atoms with E-state index in [0.29, 0.717) is 6.04 Å². The van der Waals surface area contributed by atoms with Crippen molar-refractivity contribution < 1.29 is 0 Å². The van der Waals surface area contributed by atoms with Gasteiger partial charge < -0.3 is 5.32 Å². The lowest BCUT2D eigenvalue weighted by Crippen LogP contribution is -2.59. The summed E-state index contributed by atoms with van der Waals surface area (Å²) in [6.07, 6.45) is 4.27. The Balaban J connectivity index is 1.99. The average molecular weight is 224 g/mol. The molecule has 5 unspecified atom stereocenters. The largest absolute Gasteiger partial charge is 0.311 e. The third-order valence-electron chi connectivity index (χ3n) is 4.62. The van der Waals surface area contributed by atoms with Crippen molar-refractivity contribution >= 4 is 0 Å². The van der Waals surface area contributed by atoms with E-state index >= 15 is 0 Å². The van der Waals surface area contributed by atoms with E-state index in [1.807, 2.05) is 0 Å². The molecule has 1 aliphatic heterocycles. The lowest BCUT2D eigenvalue weighted by molar-refractivity contribution is 0.0350. The molecular formula is C14H28N2. The molecule has 1 N–H and O–H groups in total. The van der Waals surface area contributed by atoms with Crippen LogP contribution in [-0.2, 0) is 0 Å². The molecule has 0 amide bonds. The Hall–Kier alpha value is -0.0800. The molecule has 94 valence electrons. The topological polar surface area (TPSA) is 15.3 Å². The molecule has 1 saturated heterocycles. The van der Waals surface area contributed by atoms with Gasteiger partial charge in [0.05, 0.1) is 0 Å². The van der Waals surface area contributed by atoms with Gasteiger partial charge in [-0.3, -0.25) is 4.90 Å². The van der Waals surface area contributed by atoms with Crippen molar-refractivity contribution in [1.29, 1.82) is 0 Å². The van der Waals surface area contributed by atoms with Crippen LogP contribution in [0.25, 0.3) is 0 Å². The van der Waals surface area contributed by atoms with Crippen molar-refractivity contribution in [1.82, 2.24) is 10.2 Å². The van der Waals surface area contributed by atoms with Crippen LogP contribution in [0, 0.1) is 11.8 Å². The van der Waals surface area contributed by atoms with Crippen LogP contribution in [0.3, 0.4) is 0 Å². The van der Waals surface area contributed by atoms with Gasteiger partial charge in [-0.25, -0.2) is 0 Å². The van der Waals surface area contributed by atoms with Crippen LogP contribution in [0.2, 0.25) is 0 Å². The van der Waals surface area contributed by atoms with E-state index in [1.54, 1.807) is 0 Å². The SMILES string of the molecule is CC1CCC(N2CC(C)NCC2C)C(C)C1. The first-order valence-corrected chi connectivity index (χ1v) is 7.07. The molecule has 2 nitrogen and oxygen atoms in total. The molecular weight excluding hydrogens is 196 g/mol. The fourth-order valence-corrected chi connectivity index (χ4v) is 3.65. The maximum atomic E-state index is 3.58. The van der Waals surface area contributed by atoms with Crippen LogP contribution < -0.4 is 5.32 Å². The summed E-state index contributed by atoms with van der Waals surface area (Å²) in [5.74, 6) is 1.83. The molecule has 1 heterocycles. The first-order valence-electron chi connectivity index (χ1n) is 7.07. The highest BCUT2D eigenvalue weighted by molar-refractivity contribution is 4.90. The van der Waals surface area contributed by atoms with Crippen LogP contribution in [0.1, 0.15) is 47.0 Å². The molecule has 0 spiro atoms. The summed E-state index contributed by atoms with van der Waals surface area (Å²) >= 11 is 0. The summed E-state index contributed by atoms with van der Waals surface area (Å²) in [5.41, 5.74) is 0. The molecule has 5 atom stereocenters. The van der Waals surface area contributed by atoms with Gasteiger partial charge >= 0.3 is 0 Å². The second-order valence-corrected chi connectivity index (χ2v) is 6.32. The monoisotopic (exact) mass is 224 g/mol. The lowest BCUT2D eigenvalue weighted by Gasteiger charge is -2.47. The van der Waals surface area contributed by atoms with E-state index in [9.17, 15) is 0 Å². The zero-order valence-electron chi connectivity index (χ0n) is 11.4. The molecule has 0 bridgehead atoms. The van der Waals surface area contributed by atoms with E-state index in [2.05, 4.69) is 37.9 Å². The average Bonchev–Trinajstić information content (AvgIpc) is 2.22. The van der Waals surface area contributed by atoms with Crippen molar-refractivity contribution in [3.05, 3.63) is 0 Å². The Morgan fingerprint density at radius 2 is 1.81 bits per heavy atom. The highest BCUT2D eigenvalue weighted by Crippen LogP contribution is 2.33. The highest BCUT2D eigenvalue weighted by Gasteiger charge is 2.34. The number of rotatable bonds is 1. The van der Waals surface area contributed by atoms with E-state index in [1.165, 1.54) is 32.4 Å². The van der Waals surface area contributed by atoms with Crippen LogP contribution in [0.15, 0.2) is 0 Å². The van der Waals surface area contributed by atoms with Crippen molar-refractivity contribution in [2.75, 3.05) is 13.1 Å². The van der Waals surface area contributed by atoms with Gasteiger partial charge in [-0.2, -0.15) is 0 Å². The van der Waals surface area contributed by atoms with Crippen LogP contribution in [-0.4, -0.2) is 36.1 Å². The first kappa shape index (κ1) is 12.4. The molecule has 1 aliphatic carbocycles. The van der Waals surface area contributed by atoms with E-state index in [-0.39, 0.29) is 0 Å². The van der Waals surface area contributed by atoms with Crippen molar-refractivity contribution in [2.45, 2.75) is 65.1 Å². The van der Waals surface area contributed by atoms with Gasteiger partial charge in [-0.15, -0.1) is 0 Å². The van der Waals surface area contributed by atoms with Gasteiger partial charge in [0, 0.05) is 31.2 Å². The third kappa shape index (κ3) is 2.60. The fourth-order valence-electron chi connectivity index (χ4n) is 3.65. The predicted molar refractivity (Wildman–Crippen MR) is 69.6 cm³/mol. The first-order chi connectivity index (χ1) is 7.58. The van der Waals surface area contributed by atoms with Crippen LogP contribution in [0.4, 0.5) is 0 Å². The summed E-state index contributed by atoms with van der Waals surface area (Å²) in [6.45, 7) is 12.0. The maximum Gasteiger partial charge on any atom is 0.0196 e. The smallest absolute Gasteiger partial charge is 0.0196 e. The van der Waals surface area contributed by atoms with Gasteiger partial charge in [-0.1, -0.05) is 13.8 Å². The van der Waals surface area contributed by atoms with Gasteiger partial charge in [0.1, 0.15) is 0 Å². The summed E-state index contributed by atoms with van der Waals surface area (Å²) < 4.78 is 0. The Morgan fingerprint density at radius 3 is 2.50 bits per heavy atom. The third-order valence-corrected chi connectivity index (χ3v) is 4.62. The highest BCUT2D eigenvalue weighted by atomic mass is 15.3. The van der Waals surface area contributed by atoms with Crippen LogP contribution >= 0.6 is 0 Å². The van der Waals surface area contributed by atoms with Crippen molar-refractivity contribution in [3.8, 4) is 0 Å². The van der Waals surface area contributed by atoms with Gasteiger partial charge in [0.2, 0.25) is 0 Å². The van der Waals surface area contributed by atoms with Gasteiger partial charge in [0.25, 0.3) is 0 Å². The predicted octanol–water partition coefficient (Wildman–Crippen LogP) is 2.49. The molecule has 16 heavy (non-hydrogen) atoms. The number of nitrogens with one attached hydrogen (secondary N) is 1. The summed E-state index contributed by atoms with van der Waals surface area (Å²) in [7, 11) is 0. The van der Waals surface area contributed by atoms with E-state index in [4.69, 9.17) is 0 Å². The Labute approximate surface area is 101 Å². The number of piperazine rings is 1. The number of hydrogen-bond donors (Lipinski definition) is 1. The quantitative estimate of drug-likeness (QED) is 0.736. The molecule has 2 rings (SSSR count). The Morgan fingerprint density at radius 1 is 1.06 bits per heavy atom. The van der Waals surface area contributed by atoms with Gasteiger partial charge in [0.15, 0.2) is 0 Å². The summed E-state index contributed by atoms with van der Waals surface area (Å²) in [5, 5.41) is 3.58. The molecule has 0 aromatic carbocycles. The maximum absolute atomic E-state index is 3.58. The second-order valence-electron chi connectivity index (χ2n) is 6.32. The minimum Gasteiger partial charge on any atom is -0.311 e. The molecule has 2 aliphatic rings. The lowest BCUT2D eigenvalue weighted by atomic mass is 9.78. The summed E-state index contributed by atoms with van der Waals surface area (Å²) in [6, 6.07) is 2.23. The molecule has 1 saturated carbocycles. The second kappa shape index (κ2) is 5.05. The standard InChI is InChI=1S/C14H28N2/c1-10-5-6-14(11(2)7-10)16-9-12(3)15-8-13(16)4/h10-15H,5-9H2,1-4H3.